The fourth-order valence-corrected chi connectivity index (χ4v) is 1.87. The summed E-state index contributed by atoms with van der Waals surface area (Å²) in [5, 5.41) is 0. The molecule has 0 aliphatic heterocycles. The van der Waals surface area contributed by atoms with E-state index in [2.05, 4.69) is 0 Å². The summed E-state index contributed by atoms with van der Waals surface area (Å²) in [5.74, 6) is -0.825. The van der Waals surface area contributed by atoms with Crippen LogP contribution in [0.3, 0.4) is 0 Å². The first-order valence-corrected chi connectivity index (χ1v) is 7.64. The average Bonchev–Trinajstić information content (AvgIpc) is 2.56. The number of carbonyl (C=O) groups is 2. The zero-order valence-electron chi connectivity index (χ0n) is 12.7. The summed E-state index contributed by atoms with van der Waals surface area (Å²) in [6.45, 7) is 1.95. The topological polar surface area (TPSA) is 34.1 Å². The molecular formula is C18H17ClF2O2. The van der Waals surface area contributed by atoms with Crippen LogP contribution in [0.2, 0.25) is 0 Å². The van der Waals surface area contributed by atoms with Gasteiger partial charge in [-0.3, -0.25) is 9.59 Å². The molecule has 23 heavy (non-hydrogen) atoms. The van der Waals surface area contributed by atoms with Crippen molar-refractivity contribution in [3.05, 3.63) is 71.3 Å². The molecule has 0 aliphatic rings. The van der Waals surface area contributed by atoms with Crippen molar-refractivity contribution in [2.75, 3.05) is 5.88 Å². The Balaban J connectivity index is 0.000000231. The SMILES string of the molecule is CCCC(=O)c1ccc(F)cc1.O=C(CCl)c1ccc(F)cc1. The molecule has 0 radical (unpaired) electrons. The summed E-state index contributed by atoms with van der Waals surface area (Å²) in [6, 6.07) is 11.0. The first-order chi connectivity index (χ1) is 11.0. The number of hydrogen-bond acceptors (Lipinski definition) is 2. The minimum atomic E-state index is -0.351. The minimum Gasteiger partial charge on any atom is -0.294 e. The summed E-state index contributed by atoms with van der Waals surface area (Å²) in [5.41, 5.74) is 1.04. The van der Waals surface area contributed by atoms with Gasteiger partial charge in [0.05, 0.1) is 5.88 Å². The van der Waals surface area contributed by atoms with E-state index in [4.69, 9.17) is 11.6 Å². The van der Waals surface area contributed by atoms with Crippen molar-refractivity contribution in [1.29, 1.82) is 0 Å². The molecule has 2 aromatic rings. The highest BCUT2D eigenvalue weighted by atomic mass is 35.5. The molecule has 0 saturated heterocycles. The molecule has 0 fully saturated rings. The lowest BCUT2D eigenvalue weighted by molar-refractivity contribution is 0.0980. The van der Waals surface area contributed by atoms with E-state index in [1.54, 1.807) is 0 Å². The molecule has 0 aromatic heterocycles. The number of carbonyl (C=O) groups excluding carboxylic acids is 2. The maximum absolute atomic E-state index is 12.4. The lowest BCUT2D eigenvalue weighted by Crippen LogP contribution is -1.99. The monoisotopic (exact) mass is 338 g/mol. The van der Waals surface area contributed by atoms with E-state index in [-0.39, 0.29) is 29.1 Å². The average molecular weight is 339 g/mol. The molecule has 2 rings (SSSR count). The first-order valence-electron chi connectivity index (χ1n) is 7.11. The van der Waals surface area contributed by atoms with Gasteiger partial charge in [-0.1, -0.05) is 6.92 Å². The van der Waals surface area contributed by atoms with Crippen molar-refractivity contribution in [1.82, 2.24) is 0 Å². The van der Waals surface area contributed by atoms with Crippen LogP contribution < -0.4 is 0 Å². The highest BCUT2D eigenvalue weighted by molar-refractivity contribution is 6.30. The van der Waals surface area contributed by atoms with Crippen molar-refractivity contribution < 1.29 is 18.4 Å². The van der Waals surface area contributed by atoms with Crippen molar-refractivity contribution in [2.24, 2.45) is 0 Å². The molecule has 0 N–H and O–H groups in total. The van der Waals surface area contributed by atoms with E-state index in [0.29, 0.717) is 17.5 Å². The van der Waals surface area contributed by atoms with Crippen LogP contribution in [0.4, 0.5) is 8.78 Å². The van der Waals surface area contributed by atoms with Gasteiger partial charge in [0.2, 0.25) is 0 Å². The zero-order chi connectivity index (χ0) is 17.2. The zero-order valence-corrected chi connectivity index (χ0v) is 13.4. The molecule has 0 heterocycles. The van der Waals surface area contributed by atoms with E-state index in [0.717, 1.165) is 6.42 Å². The van der Waals surface area contributed by atoms with E-state index in [1.807, 2.05) is 6.92 Å². The molecule has 0 saturated carbocycles. The van der Waals surface area contributed by atoms with Crippen LogP contribution in [-0.2, 0) is 0 Å². The van der Waals surface area contributed by atoms with Gasteiger partial charge in [-0.25, -0.2) is 8.78 Å². The van der Waals surface area contributed by atoms with Gasteiger partial charge < -0.3 is 0 Å². The van der Waals surface area contributed by atoms with Crippen LogP contribution in [0.15, 0.2) is 48.5 Å². The highest BCUT2D eigenvalue weighted by Gasteiger charge is 2.03. The smallest absolute Gasteiger partial charge is 0.177 e. The number of hydrogen-bond donors (Lipinski definition) is 0. The van der Waals surface area contributed by atoms with Gasteiger partial charge in [0.1, 0.15) is 11.6 Å². The molecular weight excluding hydrogens is 322 g/mol. The Morgan fingerprint density at radius 1 is 0.826 bits per heavy atom. The summed E-state index contributed by atoms with van der Waals surface area (Å²) in [6.07, 6.45) is 1.36. The van der Waals surface area contributed by atoms with Crippen molar-refractivity contribution >= 4 is 23.2 Å². The van der Waals surface area contributed by atoms with Crippen LogP contribution in [-0.4, -0.2) is 17.4 Å². The lowest BCUT2D eigenvalue weighted by Gasteiger charge is -1.97. The van der Waals surface area contributed by atoms with Gasteiger partial charge in [0, 0.05) is 17.5 Å². The van der Waals surface area contributed by atoms with Crippen molar-refractivity contribution in [2.45, 2.75) is 19.8 Å². The summed E-state index contributed by atoms with van der Waals surface area (Å²) in [4.78, 5) is 22.1. The second kappa shape index (κ2) is 9.85. The third-order valence-corrected chi connectivity index (χ3v) is 3.17. The molecule has 0 bridgehead atoms. The predicted molar refractivity (Wildman–Crippen MR) is 87.1 cm³/mol. The van der Waals surface area contributed by atoms with Crippen LogP contribution in [0, 0.1) is 11.6 Å². The Morgan fingerprint density at radius 3 is 1.57 bits per heavy atom. The van der Waals surface area contributed by atoms with Crippen LogP contribution in [0.5, 0.6) is 0 Å². The Hall–Kier alpha value is -2.07. The summed E-state index contributed by atoms with van der Waals surface area (Å²) in [7, 11) is 0. The fraction of sp³-hybridized carbons (Fsp3) is 0.222. The van der Waals surface area contributed by atoms with E-state index in [1.165, 1.54) is 48.5 Å². The highest BCUT2D eigenvalue weighted by Crippen LogP contribution is 2.06. The molecule has 2 aromatic carbocycles. The van der Waals surface area contributed by atoms with Crippen LogP contribution in [0.1, 0.15) is 40.5 Å². The van der Waals surface area contributed by atoms with Gasteiger partial charge in [-0.2, -0.15) is 0 Å². The third-order valence-electron chi connectivity index (χ3n) is 2.93. The van der Waals surface area contributed by atoms with Gasteiger partial charge in [-0.15, -0.1) is 11.6 Å². The second-order valence-electron chi connectivity index (χ2n) is 4.74. The summed E-state index contributed by atoms with van der Waals surface area (Å²) < 4.78 is 24.7. The molecule has 0 atom stereocenters. The minimum absolute atomic E-state index is 0.0639. The molecule has 5 heteroatoms. The second-order valence-corrected chi connectivity index (χ2v) is 5.01. The van der Waals surface area contributed by atoms with E-state index >= 15 is 0 Å². The van der Waals surface area contributed by atoms with E-state index in [9.17, 15) is 18.4 Å². The molecule has 0 unspecified atom stereocenters. The van der Waals surface area contributed by atoms with Gasteiger partial charge in [-0.05, 0) is 55.0 Å². The number of rotatable bonds is 5. The fourth-order valence-electron chi connectivity index (χ4n) is 1.72. The van der Waals surface area contributed by atoms with Crippen LogP contribution >= 0.6 is 11.6 Å². The molecule has 0 spiro atoms. The summed E-state index contributed by atoms with van der Waals surface area (Å²) >= 11 is 5.28. The Kier molecular flexibility index (Phi) is 8.13. The van der Waals surface area contributed by atoms with Gasteiger partial charge in [0.25, 0.3) is 0 Å². The lowest BCUT2D eigenvalue weighted by atomic mass is 10.1. The van der Waals surface area contributed by atoms with Gasteiger partial charge >= 0.3 is 0 Å². The maximum Gasteiger partial charge on any atom is 0.177 e. The number of Topliss-reactive ketones (excluding diaryl/α,β-unsaturated/α-hetero) is 2. The molecule has 0 aliphatic carbocycles. The quantitative estimate of drug-likeness (QED) is 0.564. The number of benzene rings is 2. The Bertz CT molecular complexity index is 637. The standard InChI is InChI=1S/C10H11FO.C8H6ClFO/c1-2-3-10(12)8-4-6-9(11)7-5-8;9-5-8(11)6-1-3-7(10)4-2-6/h4-7H,2-3H2,1H3;1-4H,5H2. The Morgan fingerprint density at radius 2 is 1.22 bits per heavy atom. The Labute approximate surface area is 139 Å². The van der Waals surface area contributed by atoms with Gasteiger partial charge in [0.15, 0.2) is 11.6 Å². The molecule has 2 nitrogen and oxygen atoms in total. The first kappa shape index (κ1) is 19.0. The normalized spacial score (nSPS) is 9.74. The predicted octanol–water partition coefficient (Wildman–Crippen LogP) is 5.06. The van der Waals surface area contributed by atoms with Crippen molar-refractivity contribution in [3.8, 4) is 0 Å². The number of alkyl halides is 1. The largest absolute Gasteiger partial charge is 0.294 e. The third kappa shape index (κ3) is 6.70. The van der Waals surface area contributed by atoms with E-state index < -0.39 is 0 Å². The number of halogens is 3. The maximum atomic E-state index is 12.4. The van der Waals surface area contributed by atoms with Crippen molar-refractivity contribution in [3.63, 3.8) is 0 Å². The molecule has 122 valence electrons. The molecule has 0 amide bonds. The van der Waals surface area contributed by atoms with Crippen LogP contribution in [0.25, 0.3) is 0 Å². The number of ketones is 2.